The van der Waals surface area contributed by atoms with Crippen molar-refractivity contribution in [3.63, 3.8) is 0 Å². The van der Waals surface area contributed by atoms with Crippen LogP contribution in [0.2, 0.25) is 0 Å². The lowest BCUT2D eigenvalue weighted by atomic mass is 9.48. The van der Waals surface area contributed by atoms with Crippen molar-refractivity contribution in [3.05, 3.63) is 11.1 Å². The second-order valence-corrected chi connectivity index (χ2v) is 8.53. The molecule has 2 bridgehead atoms. The number of rotatable bonds is 2. The lowest BCUT2D eigenvalue weighted by molar-refractivity contribution is -0.0769. The number of nitrogens with zero attached hydrogens (tertiary/aromatic N) is 1. The first-order chi connectivity index (χ1) is 8.93. The molecule has 106 valence electrons. The Morgan fingerprint density at radius 1 is 1.21 bits per heavy atom. The molecule has 3 atom stereocenters. The normalized spacial score (nSPS) is 47.7. The van der Waals surface area contributed by atoms with Crippen LogP contribution in [0.1, 0.15) is 59.8 Å². The largest absolute Gasteiger partial charge is 0.300 e. The molecule has 0 aromatic carbocycles. The minimum atomic E-state index is 0.507. The van der Waals surface area contributed by atoms with Crippen molar-refractivity contribution < 1.29 is 0 Å². The highest BCUT2D eigenvalue weighted by atomic mass is 15.3. The first-order valence-corrected chi connectivity index (χ1v) is 8.34. The predicted molar refractivity (Wildman–Crippen MR) is 80.0 cm³/mol. The van der Waals surface area contributed by atoms with E-state index in [0.29, 0.717) is 16.2 Å². The van der Waals surface area contributed by atoms with Crippen LogP contribution in [-0.2, 0) is 0 Å². The highest BCUT2D eigenvalue weighted by Gasteiger charge is 2.70. The Morgan fingerprint density at radius 2 is 1.95 bits per heavy atom. The molecule has 1 aliphatic heterocycles. The molecule has 0 aromatic rings. The summed E-state index contributed by atoms with van der Waals surface area (Å²) in [4.78, 5) is 2.68. The van der Waals surface area contributed by atoms with Gasteiger partial charge in [0.1, 0.15) is 0 Å². The molecular weight excluding hydrogens is 230 g/mol. The lowest BCUT2D eigenvalue weighted by Gasteiger charge is -2.57. The van der Waals surface area contributed by atoms with Crippen LogP contribution < -0.4 is 0 Å². The maximum atomic E-state index is 2.68. The van der Waals surface area contributed by atoms with Gasteiger partial charge in [0.15, 0.2) is 0 Å². The van der Waals surface area contributed by atoms with E-state index in [4.69, 9.17) is 0 Å². The average Bonchev–Trinajstić information content (AvgIpc) is 3.08. The highest BCUT2D eigenvalue weighted by Crippen LogP contribution is 2.77. The third-order valence-electron chi connectivity index (χ3n) is 7.87. The minimum absolute atomic E-state index is 0.507. The van der Waals surface area contributed by atoms with Gasteiger partial charge in [0, 0.05) is 25.0 Å². The van der Waals surface area contributed by atoms with Gasteiger partial charge in [-0.05, 0) is 55.8 Å². The van der Waals surface area contributed by atoms with Gasteiger partial charge in [0.25, 0.3) is 0 Å². The fourth-order valence-electron chi connectivity index (χ4n) is 6.39. The van der Waals surface area contributed by atoms with Gasteiger partial charge < -0.3 is 4.90 Å². The molecule has 0 aromatic heterocycles. The fourth-order valence-corrected chi connectivity index (χ4v) is 6.39. The van der Waals surface area contributed by atoms with Gasteiger partial charge in [0.2, 0.25) is 0 Å². The summed E-state index contributed by atoms with van der Waals surface area (Å²) >= 11 is 0. The number of hydrogen-bond donors (Lipinski definition) is 0. The maximum Gasteiger partial charge on any atom is 0.0110 e. The van der Waals surface area contributed by atoms with Crippen LogP contribution >= 0.6 is 0 Å². The Labute approximate surface area is 118 Å². The van der Waals surface area contributed by atoms with Crippen LogP contribution in [0.25, 0.3) is 0 Å². The zero-order valence-electron chi connectivity index (χ0n) is 13.2. The van der Waals surface area contributed by atoms with Gasteiger partial charge in [-0.1, -0.05) is 31.9 Å². The van der Waals surface area contributed by atoms with Crippen molar-refractivity contribution >= 4 is 0 Å². The number of hydrogen-bond acceptors (Lipinski definition) is 1. The molecule has 4 aliphatic rings. The van der Waals surface area contributed by atoms with Crippen molar-refractivity contribution in [2.45, 2.75) is 59.8 Å². The zero-order chi connectivity index (χ0) is 13.5. The summed E-state index contributed by atoms with van der Waals surface area (Å²) in [5.74, 6) is 0.903. The van der Waals surface area contributed by atoms with E-state index >= 15 is 0 Å². The maximum absolute atomic E-state index is 2.68. The Hall–Kier alpha value is -0.300. The van der Waals surface area contributed by atoms with Crippen molar-refractivity contribution in [1.29, 1.82) is 0 Å². The summed E-state index contributed by atoms with van der Waals surface area (Å²) in [6.07, 6.45) is 7.18. The van der Waals surface area contributed by atoms with E-state index in [9.17, 15) is 0 Å². The summed E-state index contributed by atoms with van der Waals surface area (Å²) in [5, 5.41) is 0. The summed E-state index contributed by atoms with van der Waals surface area (Å²) < 4.78 is 0. The van der Waals surface area contributed by atoms with Crippen LogP contribution in [0.4, 0.5) is 0 Å². The van der Waals surface area contributed by atoms with Gasteiger partial charge in [-0.15, -0.1) is 0 Å². The third kappa shape index (κ3) is 1.27. The number of allylic oxidation sites excluding steroid dienone is 2. The Kier molecular flexibility index (Phi) is 2.27. The zero-order valence-corrected chi connectivity index (χ0v) is 13.2. The summed E-state index contributed by atoms with van der Waals surface area (Å²) in [5.41, 5.74) is 5.32. The van der Waals surface area contributed by atoms with Crippen molar-refractivity contribution in [3.8, 4) is 0 Å². The molecule has 1 saturated heterocycles. The first kappa shape index (κ1) is 12.4. The van der Waals surface area contributed by atoms with Crippen LogP contribution in [-0.4, -0.2) is 24.5 Å². The van der Waals surface area contributed by atoms with Gasteiger partial charge >= 0.3 is 0 Å². The lowest BCUT2D eigenvalue weighted by Crippen LogP contribution is -2.52. The molecule has 1 heterocycles. The molecule has 0 radical (unpaired) electrons. The quantitative estimate of drug-likeness (QED) is 0.529. The van der Waals surface area contributed by atoms with Crippen LogP contribution in [0.15, 0.2) is 11.1 Å². The molecular formula is C18H29N. The Balaban J connectivity index is 1.85. The van der Waals surface area contributed by atoms with E-state index < -0.39 is 0 Å². The summed E-state index contributed by atoms with van der Waals surface area (Å²) in [6, 6.07) is 0. The average molecular weight is 259 g/mol. The van der Waals surface area contributed by atoms with Crippen LogP contribution in [0.3, 0.4) is 0 Å². The van der Waals surface area contributed by atoms with E-state index in [1.165, 1.54) is 51.7 Å². The second-order valence-electron chi connectivity index (χ2n) is 8.53. The molecule has 3 unspecified atom stereocenters. The fraction of sp³-hybridized carbons (Fsp3) is 0.889. The van der Waals surface area contributed by atoms with Gasteiger partial charge in [-0.3, -0.25) is 0 Å². The van der Waals surface area contributed by atoms with E-state index in [2.05, 4.69) is 32.6 Å². The summed E-state index contributed by atoms with van der Waals surface area (Å²) in [7, 11) is 0. The van der Waals surface area contributed by atoms with Crippen molar-refractivity contribution in [2.75, 3.05) is 19.6 Å². The van der Waals surface area contributed by atoms with Crippen LogP contribution in [0.5, 0.6) is 0 Å². The van der Waals surface area contributed by atoms with Gasteiger partial charge in [-0.25, -0.2) is 0 Å². The molecule has 3 fully saturated rings. The Morgan fingerprint density at radius 3 is 2.63 bits per heavy atom. The molecule has 0 N–H and O–H groups in total. The molecule has 1 nitrogen and oxygen atoms in total. The standard InChI is InChI=1S/C18H29N/c1-13-5-8-18-14(2)6-7-17(11-15(13)18,16(18,3)4)12-19-9-10-19/h14H,5-12H2,1-4H3. The van der Waals surface area contributed by atoms with Crippen molar-refractivity contribution in [2.24, 2.45) is 22.2 Å². The van der Waals surface area contributed by atoms with E-state index in [-0.39, 0.29) is 0 Å². The molecule has 2 saturated carbocycles. The molecule has 19 heavy (non-hydrogen) atoms. The van der Waals surface area contributed by atoms with Gasteiger partial charge in [-0.2, -0.15) is 0 Å². The number of fused-ring (bicyclic) bond motifs is 1. The molecule has 3 aliphatic carbocycles. The topological polar surface area (TPSA) is 3.01 Å². The van der Waals surface area contributed by atoms with E-state index in [0.717, 1.165) is 5.92 Å². The monoisotopic (exact) mass is 259 g/mol. The highest BCUT2D eigenvalue weighted by molar-refractivity contribution is 5.40. The molecule has 1 heteroatoms. The smallest absolute Gasteiger partial charge is 0.0110 e. The second kappa shape index (κ2) is 3.47. The van der Waals surface area contributed by atoms with Crippen LogP contribution in [0, 0.1) is 22.2 Å². The first-order valence-electron chi connectivity index (χ1n) is 8.34. The van der Waals surface area contributed by atoms with E-state index in [1.54, 1.807) is 5.57 Å². The minimum Gasteiger partial charge on any atom is -0.300 e. The van der Waals surface area contributed by atoms with Gasteiger partial charge in [0.05, 0.1) is 0 Å². The van der Waals surface area contributed by atoms with E-state index in [1.807, 2.05) is 5.57 Å². The SMILES string of the molecule is CC1=C2CC3(CN4CC4)CCC(C)C2(CC1)C3(C)C. The Bertz CT molecular complexity index is 456. The molecule has 4 rings (SSSR count). The molecule has 1 spiro atoms. The third-order valence-corrected chi connectivity index (χ3v) is 7.87. The summed E-state index contributed by atoms with van der Waals surface area (Å²) in [6.45, 7) is 14.3. The predicted octanol–water partition coefficient (Wildman–Crippen LogP) is 4.24. The molecule has 0 amide bonds. The van der Waals surface area contributed by atoms with Crippen molar-refractivity contribution in [1.82, 2.24) is 4.90 Å².